The van der Waals surface area contributed by atoms with Gasteiger partial charge in [0.2, 0.25) is 0 Å². The van der Waals surface area contributed by atoms with Gasteiger partial charge in [0.25, 0.3) is 0 Å². The lowest BCUT2D eigenvalue weighted by Crippen LogP contribution is -2.22. The first kappa shape index (κ1) is 12.0. The molecule has 0 fully saturated rings. The Morgan fingerprint density at radius 2 is 1.94 bits per heavy atom. The fraction of sp³-hybridized carbons (Fsp3) is 0.308. The predicted molar refractivity (Wildman–Crippen MR) is 66.4 cm³/mol. The highest BCUT2D eigenvalue weighted by molar-refractivity contribution is 5.82. The molecule has 0 saturated heterocycles. The maximum Gasteiger partial charge on any atom is 0.106 e. The van der Waals surface area contributed by atoms with Gasteiger partial charge in [-0.1, -0.05) is 18.2 Å². The van der Waals surface area contributed by atoms with E-state index in [0.29, 0.717) is 18.5 Å². The first-order valence-corrected chi connectivity index (χ1v) is 5.64. The second-order valence-corrected chi connectivity index (χ2v) is 4.01. The van der Waals surface area contributed by atoms with Gasteiger partial charge in [-0.25, -0.2) is 0 Å². The summed E-state index contributed by atoms with van der Waals surface area (Å²) >= 11 is 0. The Kier molecular flexibility index (Phi) is 3.68. The van der Waals surface area contributed by atoms with E-state index in [0.717, 1.165) is 10.9 Å². The van der Waals surface area contributed by atoms with Crippen LogP contribution in [0, 0.1) is 0 Å². The van der Waals surface area contributed by atoms with Crippen LogP contribution in [0.4, 0.5) is 0 Å². The Morgan fingerprint density at radius 1 is 1.18 bits per heavy atom. The molecule has 0 radical (unpaired) electrons. The van der Waals surface area contributed by atoms with Gasteiger partial charge in [-0.2, -0.15) is 0 Å². The number of hydrogen-bond acceptors (Lipinski definition) is 4. The molecule has 0 spiro atoms. The van der Waals surface area contributed by atoms with Crippen LogP contribution in [0.25, 0.3) is 10.9 Å². The number of nitrogens with zero attached hydrogens (tertiary/aromatic N) is 1. The summed E-state index contributed by atoms with van der Waals surface area (Å²) in [4.78, 5) is 4.21. The van der Waals surface area contributed by atoms with Crippen molar-refractivity contribution in [3.8, 4) is 0 Å². The van der Waals surface area contributed by atoms with Gasteiger partial charge >= 0.3 is 0 Å². The molecule has 2 atom stereocenters. The van der Waals surface area contributed by atoms with Crippen LogP contribution in [0.3, 0.4) is 0 Å². The third-order valence-electron chi connectivity index (χ3n) is 2.83. The van der Waals surface area contributed by atoms with Crippen molar-refractivity contribution in [2.24, 2.45) is 5.73 Å². The molecule has 0 amide bonds. The lowest BCUT2D eigenvalue weighted by Gasteiger charge is -2.18. The molecule has 90 valence electrons. The summed E-state index contributed by atoms with van der Waals surface area (Å²) in [6, 6.07) is 9.26. The molecule has 0 aliphatic carbocycles. The molecule has 4 N–H and O–H groups in total. The quantitative estimate of drug-likeness (QED) is 0.734. The number of para-hydroxylation sites is 1. The zero-order valence-electron chi connectivity index (χ0n) is 9.45. The Hall–Kier alpha value is -1.49. The summed E-state index contributed by atoms with van der Waals surface area (Å²) in [6.07, 6.45) is 0.241. The molecular weight excluding hydrogens is 216 g/mol. The molecule has 1 aromatic heterocycles. The molecule has 17 heavy (non-hydrogen) atoms. The summed E-state index contributed by atoms with van der Waals surface area (Å²) in [5.41, 5.74) is 6.88. The van der Waals surface area contributed by atoms with Crippen molar-refractivity contribution >= 4 is 10.9 Å². The number of pyridine rings is 1. The van der Waals surface area contributed by atoms with Gasteiger partial charge in [-0.15, -0.1) is 0 Å². The van der Waals surface area contributed by atoms with Gasteiger partial charge in [0.05, 0.1) is 11.6 Å². The summed E-state index contributed by atoms with van der Waals surface area (Å²) in [7, 11) is 0. The highest BCUT2D eigenvalue weighted by Crippen LogP contribution is 2.25. The fourth-order valence-electron chi connectivity index (χ4n) is 1.91. The van der Waals surface area contributed by atoms with Crippen molar-refractivity contribution in [2.75, 3.05) is 6.54 Å². The Balaban J connectivity index is 2.41. The van der Waals surface area contributed by atoms with Crippen molar-refractivity contribution in [1.29, 1.82) is 0 Å². The topological polar surface area (TPSA) is 79.4 Å². The van der Waals surface area contributed by atoms with Gasteiger partial charge in [-0.05, 0) is 30.7 Å². The second-order valence-electron chi connectivity index (χ2n) is 4.01. The summed E-state index contributed by atoms with van der Waals surface area (Å²) < 4.78 is 0. The third-order valence-corrected chi connectivity index (χ3v) is 2.83. The minimum absolute atomic E-state index is 0.348. The van der Waals surface area contributed by atoms with E-state index in [9.17, 15) is 10.2 Å². The van der Waals surface area contributed by atoms with Gasteiger partial charge in [0.15, 0.2) is 0 Å². The van der Waals surface area contributed by atoms with Crippen LogP contribution < -0.4 is 5.73 Å². The molecule has 0 aliphatic rings. The van der Waals surface area contributed by atoms with E-state index in [2.05, 4.69) is 4.98 Å². The van der Waals surface area contributed by atoms with E-state index in [1.54, 1.807) is 12.3 Å². The number of aliphatic hydroxyl groups excluding tert-OH is 2. The molecular formula is C13H16N2O2. The molecule has 4 nitrogen and oxygen atoms in total. The largest absolute Gasteiger partial charge is 0.390 e. The molecule has 1 aromatic carbocycles. The Bertz CT molecular complexity index is 496. The molecule has 1 heterocycles. The van der Waals surface area contributed by atoms with Crippen LogP contribution in [0.1, 0.15) is 18.1 Å². The minimum Gasteiger partial charge on any atom is -0.390 e. The number of fused-ring (bicyclic) bond motifs is 1. The third kappa shape index (κ3) is 2.44. The maximum atomic E-state index is 10.1. The zero-order chi connectivity index (χ0) is 12.3. The van der Waals surface area contributed by atoms with E-state index in [1.807, 2.05) is 24.3 Å². The standard InChI is InChI=1S/C13H16N2O2/c14-7-5-12(16)13(17)10-6-8-15-11-4-2-1-3-9(10)11/h1-4,6,8,12-13,16-17H,5,7,14H2. The first-order valence-electron chi connectivity index (χ1n) is 5.64. The van der Waals surface area contributed by atoms with Crippen molar-refractivity contribution < 1.29 is 10.2 Å². The summed E-state index contributed by atoms with van der Waals surface area (Å²) in [5.74, 6) is 0. The molecule has 0 aliphatic heterocycles. The average molecular weight is 232 g/mol. The van der Waals surface area contributed by atoms with Crippen molar-refractivity contribution in [2.45, 2.75) is 18.6 Å². The summed E-state index contributed by atoms with van der Waals surface area (Å²) in [5, 5.41) is 20.7. The number of rotatable bonds is 4. The van der Waals surface area contributed by atoms with Gasteiger partial charge in [0, 0.05) is 11.6 Å². The van der Waals surface area contributed by atoms with Gasteiger partial charge in [0.1, 0.15) is 6.10 Å². The van der Waals surface area contributed by atoms with E-state index < -0.39 is 12.2 Å². The minimum atomic E-state index is -0.925. The lowest BCUT2D eigenvalue weighted by molar-refractivity contribution is 0.0158. The first-order chi connectivity index (χ1) is 8.24. The molecule has 4 heteroatoms. The van der Waals surface area contributed by atoms with Crippen LogP contribution >= 0.6 is 0 Å². The SMILES string of the molecule is NCCC(O)C(O)c1ccnc2ccccc12. The van der Waals surface area contributed by atoms with Crippen molar-refractivity contribution in [1.82, 2.24) is 4.98 Å². The highest BCUT2D eigenvalue weighted by Gasteiger charge is 2.19. The zero-order valence-corrected chi connectivity index (χ0v) is 9.45. The Labute approximate surface area is 99.7 Å². The molecule has 2 unspecified atom stereocenters. The number of hydrogen-bond donors (Lipinski definition) is 3. The van der Waals surface area contributed by atoms with E-state index >= 15 is 0 Å². The van der Waals surface area contributed by atoms with E-state index in [-0.39, 0.29) is 0 Å². The van der Waals surface area contributed by atoms with Gasteiger partial charge < -0.3 is 15.9 Å². The number of nitrogens with two attached hydrogens (primary N) is 1. The molecule has 0 saturated carbocycles. The van der Waals surface area contributed by atoms with E-state index in [1.165, 1.54) is 0 Å². The molecule has 2 aromatic rings. The smallest absolute Gasteiger partial charge is 0.106 e. The number of aromatic nitrogens is 1. The monoisotopic (exact) mass is 232 g/mol. The highest BCUT2D eigenvalue weighted by atomic mass is 16.3. The Morgan fingerprint density at radius 3 is 2.71 bits per heavy atom. The fourth-order valence-corrected chi connectivity index (χ4v) is 1.91. The van der Waals surface area contributed by atoms with Crippen molar-refractivity contribution in [3.63, 3.8) is 0 Å². The molecule has 0 bridgehead atoms. The number of benzene rings is 1. The number of aliphatic hydroxyl groups is 2. The van der Waals surface area contributed by atoms with Crippen LogP contribution in [0.2, 0.25) is 0 Å². The van der Waals surface area contributed by atoms with Crippen molar-refractivity contribution in [3.05, 3.63) is 42.1 Å². The van der Waals surface area contributed by atoms with Crippen LogP contribution in [0.15, 0.2) is 36.5 Å². The van der Waals surface area contributed by atoms with Crippen LogP contribution in [-0.2, 0) is 0 Å². The predicted octanol–water partition coefficient (Wildman–Crippen LogP) is 0.978. The van der Waals surface area contributed by atoms with Crippen LogP contribution in [0.5, 0.6) is 0 Å². The normalized spacial score (nSPS) is 14.8. The van der Waals surface area contributed by atoms with E-state index in [4.69, 9.17) is 5.73 Å². The lowest BCUT2D eigenvalue weighted by atomic mass is 9.99. The summed E-state index contributed by atoms with van der Waals surface area (Å²) in [6.45, 7) is 0.348. The average Bonchev–Trinajstić information content (AvgIpc) is 2.37. The van der Waals surface area contributed by atoms with Gasteiger partial charge in [-0.3, -0.25) is 4.98 Å². The van der Waals surface area contributed by atoms with Crippen LogP contribution in [-0.4, -0.2) is 27.8 Å². The second kappa shape index (κ2) is 5.23. The molecule has 2 rings (SSSR count). The maximum absolute atomic E-state index is 10.1.